The molecule has 5 nitrogen and oxygen atoms in total. The monoisotopic (exact) mass is 296 g/mol. The van der Waals surface area contributed by atoms with Crippen LogP contribution in [0.1, 0.15) is 6.92 Å². The number of benzene rings is 1. The Balaban J connectivity index is 3.31. The highest BCUT2D eigenvalue weighted by Gasteiger charge is 2.31. The van der Waals surface area contributed by atoms with E-state index in [0.717, 1.165) is 0 Å². The summed E-state index contributed by atoms with van der Waals surface area (Å²) in [6.07, 6.45) is 0. The van der Waals surface area contributed by atoms with Crippen molar-refractivity contribution in [2.24, 2.45) is 5.84 Å². The van der Waals surface area contributed by atoms with Crippen molar-refractivity contribution >= 4 is 38.9 Å². The summed E-state index contributed by atoms with van der Waals surface area (Å²) in [6.45, 7) is 1.22. The van der Waals surface area contributed by atoms with Crippen LogP contribution < -0.4 is 11.3 Å². The molecule has 1 aromatic rings. The van der Waals surface area contributed by atoms with Crippen LogP contribution in [0.3, 0.4) is 0 Å². The highest BCUT2D eigenvalue weighted by molar-refractivity contribution is 7.92. The summed E-state index contributed by atoms with van der Waals surface area (Å²) >= 11 is 11.5. The Morgan fingerprint density at radius 3 is 2.53 bits per heavy atom. The van der Waals surface area contributed by atoms with Crippen molar-refractivity contribution in [1.82, 2.24) is 5.43 Å². The smallest absolute Gasteiger partial charge is 0.252 e. The number of carbonyl (C=O) groups excluding carboxylic acids is 1. The van der Waals surface area contributed by atoms with Gasteiger partial charge in [0.1, 0.15) is 5.25 Å². The number of hydrazine groups is 1. The summed E-state index contributed by atoms with van der Waals surface area (Å²) in [7, 11) is -3.91. The number of hydrogen-bond donors (Lipinski definition) is 2. The lowest BCUT2D eigenvalue weighted by Gasteiger charge is -2.12. The Labute approximate surface area is 109 Å². The third-order valence-electron chi connectivity index (χ3n) is 2.18. The Hall–Kier alpha value is -0.820. The first kappa shape index (κ1) is 14.2. The quantitative estimate of drug-likeness (QED) is 0.497. The van der Waals surface area contributed by atoms with E-state index in [-0.39, 0.29) is 14.9 Å². The third-order valence-corrected chi connectivity index (χ3v) is 4.95. The topological polar surface area (TPSA) is 89.3 Å². The zero-order valence-corrected chi connectivity index (χ0v) is 11.1. The predicted octanol–water partition coefficient (Wildman–Crippen LogP) is 1.15. The second-order valence-corrected chi connectivity index (χ2v) is 6.35. The lowest BCUT2D eigenvalue weighted by Crippen LogP contribution is -2.41. The number of halogens is 2. The van der Waals surface area contributed by atoms with Crippen molar-refractivity contribution in [3.63, 3.8) is 0 Å². The molecule has 0 spiro atoms. The number of nitrogens with one attached hydrogen (secondary N) is 1. The van der Waals surface area contributed by atoms with E-state index in [0.29, 0.717) is 0 Å². The van der Waals surface area contributed by atoms with Gasteiger partial charge in [-0.2, -0.15) is 0 Å². The molecular weight excluding hydrogens is 287 g/mol. The van der Waals surface area contributed by atoms with Gasteiger partial charge in [-0.25, -0.2) is 14.3 Å². The molecule has 0 bridgehead atoms. The van der Waals surface area contributed by atoms with E-state index in [9.17, 15) is 13.2 Å². The van der Waals surface area contributed by atoms with Gasteiger partial charge in [0.2, 0.25) is 0 Å². The van der Waals surface area contributed by atoms with Crippen LogP contribution in [0.5, 0.6) is 0 Å². The summed E-state index contributed by atoms with van der Waals surface area (Å²) in [5.41, 5.74) is 1.78. The molecule has 0 fully saturated rings. The van der Waals surface area contributed by atoms with Crippen LogP contribution in [0.2, 0.25) is 10.0 Å². The summed E-state index contributed by atoms with van der Waals surface area (Å²) in [5, 5.41) is -1.12. The van der Waals surface area contributed by atoms with Gasteiger partial charge in [0, 0.05) is 5.02 Å². The van der Waals surface area contributed by atoms with Crippen LogP contribution in [0, 0.1) is 0 Å². The van der Waals surface area contributed by atoms with Crippen molar-refractivity contribution in [3.8, 4) is 0 Å². The first-order chi connectivity index (χ1) is 7.80. The van der Waals surface area contributed by atoms with Gasteiger partial charge in [-0.15, -0.1) is 0 Å². The maximum atomic E-state index is 12.0. The van der Waals surface area contributed by atoms with Crippen molar-refractivity contribution in [1.29, 1.82) is 0 Å². The van der Waals surface area contributed by atoms with Gasteiger partial charge in [-0.3, -0.25) is 10.2 Å². The van der Waals surface area contributed by atoms with Gasteiger partial charge < -0.3 is 0 Å². The van der Waals surface area contributed by atoms with Crippen molar-refractivity contribution in [3.05, 3.63) is 28.2 Å². The fourth-order valence-electron chi connectivity index (χ4n) is 1.14. The van der Waals surface area contributed by atoms with Crippen molar-refractivity contribution < 1.29 is 13.2 Å². The molecular formula is C9H10Cl2N2O3S. The molecule has 1 rings (SSSR count). The molecule has 0 saturated carbocycles. The van der Waals surface area contributed by atoms with E-state index in [1.165, 1.54) is 25.1 Å². The van der Waals surface area contributed by atoms with E-state index >= 15 is 0 Å². The summed E-state index contributed by atoms with van der Waals surface area (Å²) in [5.74, 6) is 4.07. The number of carbonyl (C=O) groups is 1. The second kappa shape index (κ2) is 5.22. The highest BCUT2D eigenvalue weighted by Crippen LogP contribution is 2.27. The van der Waals surface area contributed by atoms with Gasteiger partial charge in [-0.05, 0) is 25.1 Å². The van der Waals surface area contributed by atoms with E-state index in [4.69, 9.17) is 29.0 Å². The molecule has 8 heteroatoms. The normalized spacial score (nSPS) is 13.2. The first-order valence-corrected chi connectivity index (χ1v) is 6.80. The molecule has 1 unspecified atom stereocenters. The lowest BCUT2D eigenvalue weighted by atomic mass is 10.4. The Bertz CT molecular complexity index is 545. The predicted molar refractivity (Wildman–Crippen MR) is 65.4 cm³/mol. The molecule has 0 saturated heterocycles. The minimum atomic E-state index is -3.91. The van der Waals surface area contributed by atoms with E-state index in [1.54, 1.807) is 5.43 Å². The molecule has 1 atom stereocenters. The molecule has 1 amide bonds. The standard InChI is InChI=1S/C9H10Cl2N2O3S/c1-5(9(14)13-12)17(15,16)8-4-6(10)2-3-7(8)11/h2-5H,12H2,1H3,(H,13,14). The Kier molecular flexibility index (Phi) is 4.37. The van der Waals surface area contributed by atoms with E-state index in [2.05, 4.69) is 0 Å². The Morgan fingerprint density at radius 2 is 2.00 bits per heavy atom. The fraction of sp³-hybridized carbons (Fsp3) is 0.222. The van der Waals surface area contributed by atoms with Gasteiger partial charge in [-0.1, -0.05) is 23.2 Å². The van der Waals surface area contributed by atoms with Crippen molar-refractivity contribution in [2.45, 2.75) is 17.1 Å². The second-order valence-electron chi connectivity index (χ2n) is 3.27. The van der Waals surface area contributed by atoms with Crippen LogP contribution in [-0.4, -0.2) is 19.6 Å². The van der Waals surface area contributed by atoms with Crippen LogP contribution in [0.4, 0.5) is 0 Å². The molecule has 0 aliphatic heterocycles. The molecule has 17 heavy (non-hydrogen) atoms. The van der Waals surface area contributed by atoms with Gasteiger partial charge in [0.25, 0.3) is 5.91 Å². The van der Waals surface area contributed by atoms with Crippen LogP contribution in [-0.2, 0) is 14.6 Å². The van der Waals surface area contributed by atoms with Crippen LogP contribution in [0.15, 0.2) is 23.1 Å². The molecule has 1 aromatic carbocycles. The highest BCUT2D eigenvalue weighted by atomic mass is 35.5. The largest absolute Gasteiger partial charge is 0.293 e. The SMILES string of the molecule is CC(C(=O)NN)S(=O)(=O)c1cc(Cl)ccc1Cl. The molecule has 0 aliphatic carbocycles. The number of amides is 1. The number of hydrogen-bond acceptors (Lipinski definition) is 4. The molecule has 94 valence electrons. The van der Waals surface area contributed by atoms with E-state index < -0.39 is 21.0 Å². The number of sulfone groups is 1. The first-order valence-electron chi connectivity index (χ1n) is 4.50. The van der Waals surface area contributed by atoms with Gasteiger partial charge in [0.15, 0.2) is 9.84 Å². The number of nitrogens with two attached hydrogens (primary N) is 1. The summed E-state index contributed by atoms with van der Waals surface area (Å²) in [6, 6.07) is 4.00. The minimum Gasteiger partial charge on any atom is -0.293 e. The zero-order chi connectivity index (χ0) is 13.2. The molecule has 0 aromatic heterocycles. The number of rotatable bonds is 3. The van der Waals surface area contributed by atoms with E-state index in [1.807, 2.05) is 0 Å². The van der Waals surface area contributed by atoms with Gasteiger partial charge >= 0.3 is 0 Å². The Morgan fingerprint density at radius 1 is 1.41 bits per heavy atom. The fourth-order valence-corrected chi connectivity index (χ4v) is 3.18. The maximum Gasteiger partial charge on any atom is 0.252 e. The maximum absolute atomic E-state index is 12.0. The van der Waals surface area contributed by atoms with Crippen LogP contribution >= 0.6 is 23.2 Å². The average Bonchev–Trinajstić information content (AvgIpc) is 2.30. The molecule has 0 aliphatic rings. The lowest BCUT2D eigenvalue weighted by molar-refractivity contribution is -0.120. The third kappa shape index (κ3) is 2.90. The molecule has 0 heterocycles. The average molecular weight is 297 g/mol. The summed E-state index contributed by atoms with van der Waals surface area (Å²) in [4.78, 5) is 11.0. The zero-order valence-electron chi connectivity index (χ0n) is 8.78. The molecule has 0 radical (unpaired) electrons. The van der Waals surface area contributed by atoms with Crippen molar-refractivity contribution in [2.75, 3.05) is 0 Å². The van der Waals surface area contributed by atoms with Gasteiger partial charge in [0.05, 0.1) is 9.92 Å². The summed E-state index contributed by atoms with van der Waals surface area (Å²) < 4.78 is 24.1. The minimum absolute atomic E-state index is 0.00562. The van der Waals surface area contributed by atoms with Crippen LogP contribution in [0.25, 0.3) is 0 Å². The molecule has 3 N–H and O–H groups in total.